The highest BCUT2D eigenvalue weighted by Crippen LogP contribution is 2.46. The first-order chi connectivity index (χ1) is 8.41. The van der Waals surface area contributed by atoms with Gasteiger partial charge in [-0.3, -0.25) is 0 Å². The van der Waals surface area contributed by atoms with Crippen LogP contribution in [0.25, 0.3) is 0 Å². The molecule has 0 radical (unpaired) electrons. The first kappa shape index (κ1) is 17.5. The third kappa shape index (κ3) is 5.03. The van der Waals surface area contributed by atoms with Gasteiger partial charge in [0.05, 0.1) is 0 Å². The minimum Gasteiger partial charge on any atom is -0.309 e. The third-order valence-corrected chi connectivity index (χ3v) is 8.47. The zero-order chi connectivity index (χ0) is 13.2. The lowest BCUT2D eigenvalue weighted by molar-refractivity contribution is 0.225. The predicted octanol–water partition coefficient (Wildman–Crippen LogP) is 3.55. The Morgan fingerprint density at radius 3 is 2.32 bits per heavy atom. The van der Waals surface area contributed by atoms with E-state index in [9.17, 15) is 0 Å². The quantitative estimate of drug-likeness (QED) is 0.733. The molecule has 0 amide bonds. The van der Waals surface area contributed by atoms with Crippen LogP contribution in [0.4, 0.5) is 0 Å². The fourth-order valence-electron chi connectivity index (χ4n) is 3.69. The average Bonchev–Trinajstić information content (AvgIpc) is 2.67. The maximum absolute atomic E-state index is 2.74. The summed E-state index contributed by atoms with van der Waals surface area (Å²) in [5.74, 6) is 0. The summed E-state index contributed by atoms with van der Waals surface area (Å²) in [5, 5.41) is 0. The molecule has 0 atom stereocenters. The highest BCUT2D eigenvalue weighted by atomic mass is 35.5. The molecule has 2 aliphatic rings. The van der Waals surface area contributed by atoms with Gasteiger partial charge >= 0.3 is 0 Å². The molecule has 2 nitrogen and oxygen atoms in total. The van der Waals surface area contributed by atoms with Gasteiger partial charge in [-0.1, -0.05) is 25.2 Å². The SMILES string of the molecule is CN(C)CCCN1CCC2(CC[Si](C)(C)CC2)C1.Cl. The molecule has 0 aromatic rings. The molecule has 19 heavy (non-hydrogen) atoms. The molecular formula is C15H33ClN2Si. The van der Waals surface area contributed by atoms with Gasteiger partial charge in [-0.15, -0.1) is 12.4 Å². The molecule has 2 saturated heterocycles. The predicted molar refractivity (Wildman–Crippen MR) is 90.2 cm³/mol. The minimum absolute atomic E-state index is 0. The Hall–Kier alpha value is 0.427. The lowest BCUT2D eigenvalue weighted by Crippen LogP contribution is -2.39. The number of likely N-dealkylation sites (tertiary alicyclic amines) is 1. The molecule has 0 saturated carbocycles. The van der Waals surface area contributed by atoms with Crippen LogP contribution in [-0.2, 0) is 0 Å². The third-order valence-electron chi connectivity index (χ3n) is 5.26. The van der Waals surface area contributed by atoms with Crippen LogP contribution in [0.3, 0.4) is 0 Å². The highest BCUT2D eigenvalue weighted by molar-refractivity contribution is 6.77. The van der Waals surface area contributed by atoms with E-state index in [-0.39, 0.29) is 12.4 Å². The summed E-state index contributed by atoms with van der Waals surface area (Å²) in [4.78, 5) is 5.05. The second kappa shape index (κ2) is 6.93. The number of hydrogen-bond donors (Lipinski definition) is 0. The van der Waals surface area contributed by atoms with Crippen molar-refractivity contribution in [3.63, 3.8) is 0 Å². The zero-order valence-electron chi connectivity index (χ0n) is 13.4. The maximum Gasteiger partial charge on any atom is 0.0474 e. The Kier molecular flexibility index (Phi) is 6.37. The Bertz CT molecular complexity index is 271. The molecule has 0 aliphatic carbocycles. The number of rotatable bonds is 4. The van der Waals surface area contributed by atoms with Crippen molar-refractivity contribution in [1.29, 1.82) is 0 Å². The van der Waals surface area contributed by atoms with Gasteiger partial charge in [0.25, 0.3) is 0 Å². The molecule has 2 fully saturated rings. The van der Waals surface area contributed by atoms with Crippen LogP contribution in [-0.4, -0.2) is 58.1 Å². The Morgan fingerprint density at radius 1 is 1.11 bits per heavy atom. The van der Waals surface area contributed by atoms with Crippen molar-refractivity contribution in [1.82, 2.24) is 9.80 Å². The van der Waals surface area contributed by atoms with Crippen molar-refractivity contribution >= 4 is 20.5 Å². The normalized spacial score (nSPS) is 25.7. The van der Waals surface area contributed by atoms with Crippen LogP contribution in [0.1, 0.15) is 25.7 Å². The van der Waals surface area contributed by atoms with E-state index in [1.165, 1.54) is 51.9 Å². The fraction of sp³-hybridized carbons (Fsp3) is 1.00. The van der Waals surface area contributed by atoms with Gasteiger partial charge in [-0.05, 0) is 64.8 Å². The van der Waals surface area contributed by atoms with E-state index >= 15 is 0 Å². The molecule has 0 N–H and O–H groups in total. The van der Waals surface area contributed by atoms with Crippen LogP contribution in [0.15, 0.2) is 0 Å². The molecule has 0 aromatic heterocycles. The molecule has 0 aromatic carbocycles. The summed E-state index contributed by atoms with van der Waals surface area (Å²) < 4.78 is 0. The fourth-order valence-corrected chi connectivity index (χ4v) is 6.36. The molecule has 0 bridgehead atoms. The number of halogens is 1. The lowest BCUT2D eigenvalue weighted by Gasteiger charge is -2.40. The summed E-state index contributed by atoms with van der Waals surface area (Å²) in [6, 6.07) is 3.16. The van der Waals surface area contributed by atoms with Gasteiger partial charge < -0.3 is 9.80 Å². The van der Waals surface area contributed by atoms with E-state index in [1.54, 1.807) is 12.1 Å². The molecular weight excluding hydrogens is 272 g/mol. The van der Waals surface area contributed by atoms with E-state index in [0.29, 0.717) is 0 Å². The van der Waals surface area contributed by atoms with Gasteiger partial charge in [-0.2, -0.15) is 0 Å². The minimum atomic E-state index is -0.772. The molecule has 2 aliphatic heterocycles. The van der Waals surface area contributed by atoms with Crippen molar-refractivity contribution in [2.24, 2.45) is 5.41 Å². The van der Waals surface area contributed by atoms with E-state index in [1.807, 2.05) is 0 Å². The van der Waals surface area contributed by atoms with Crippen molar-refractivity contribution in [2.75, 3.05) is 40.3 Å². The number of hydrogen-bond acceptors (Lipinski definition) is 2. The summed E-state index contributed by atoms with van der Waals surface area (Å²) in [6.45, 7) is 10.5. The topological polar surface area (TPSA) is 6.48 Å². The molecule has 1 spiro atoms. The van der Waals surface area contributed by atoms with Crippen molar-refractivity contribution in [3.05, 3.63) is 0 Å². The molecule has 4 heteroatoms. The van der Waals surface area contributed by atoms with E-state index < -0.39 is 8.07 Å². The van der Waals surface area contributed by atoms with E-state index in [0.717, 1.165) is 5.41 Å². The smallest absolute Gasteiger partial charge is 0.0474 e. The van der Waals surface area contributed by atoms with Crippen molar-refractivity contribution in [3.8, 4) is 0 Å². The standard InChI is InChI=1S/C15H32N2Si.ClH/c1-16(2)9-5-10-17-11-6-15(14-17)7-12-18(3,4)13-8-15;/h5-14H2,1-4H3;1H. The van der Waals surface area contributed by atoms with Crippen molar-refractivity contribution < 1.29 is 0 Å². The first-order valence-electron chi connectivity index (χ1n) is 7.78. The maximum atomic E-state index is 2.74. The summed E-state index contributed by atoms with van der Waals surface area (Å²) in [7, 11) is 3.59. The van der Waals surface area contributed by atoms with Crippen LogP contribution in [0.2, 0.25) is 25.2 Å². The molecule has 2 heterocycles. The van der Waals surface area contributed by atoms with Gasteiger partial charge in [0, 0.05) is 14.6 Å². The second-order valence-corrected chi connectivity index (χ2v) is 13.2. The van der Waals surface area contributed by atoms with Gasteiger partial charge in [0.15, 0.2) is 0 Å². The van der Waals surface area contributed by atoms with Crippen molar-refractivity contribution in [2.45, 2.75) is 50.9 Å². The van der Waals surface area contributed by atoms with Crippen LogP contribution < -0.4 is 0 Å². The first-order valence-corrected chi connectivity index (χ1v) is 11.2. The van der Waals surface area contributed by atoms with Gasteiger partial charge in [0.2, 0.25) is 0 Å². The Morgan fingerprint density at radius 2 is 1.74 bits per heavy atom. The summed E-state index contributed by atoms with van der Waals surface area (Å²) in [6.07, 6.45) is 5.90. The van der Waals surface area contributed by atoms with Gasteiger partial charge in [-0.25, -0.2) is 0 Å². The number of nitrogens with zero attached hydrogens (tertiary/aromatic N) is 2. The molecule has 0 unspecified atom stereocenters. The van der Waals surface area contributed by atoms with Crippen LogP contribution in [0.5, 0.6) is 0 Å². The summed E-state index contributed by atoms with van der Waals surface area (Å²) in [5.41, 5.74) is 0.737. The van der Waals surface area contributed by atoms with E-state index in [4.69, 9.17) is 0 Å². The molecule has 114 valence electrons. The summed E-state index contributed by atoms with van der Waals surface area (Å²) >= 11 is 0. The zero-order valence-corrected chi connectivity index (χ0v) is 15.2. The Balaban J connectivity index is 0.00000180. The molecule has 2 rings (SSSR count). The second-order valence-electron chi connectivity index (χ2n) is 7.85. The Labute approximate surface area is 127 Å². The highest BCUT2D eigenvalue weighted by Gasteiger charge is 2.43. The monoisotopic (exact) mass is 304 g/mol. The van der Waals surface area contributed by atoms with Gasteiger partial charge in [0.1, 0.15) is 0 Å². The van der Waals surface area contributed by atoms with E-state index in [2.05, 4.69) is 37.0 Å². The lowest BCUT2D eigenvalue weighted by atomic mass is 9.81. The van der Waals surface area contributed by atoms with Crippen LogP contribution in [0, 0.1) is 5.41 Å². The van der Waals surface area contributed by atoms with Crippen LogP contribution >= 0.6 is 12.4 Å². The largest absolute Gasteiger partial charge is 0.309 e. The average molecular weight is 305 g/mol.